The number of hydrogen-bond donors (Lipinski definition) is 0. The summed E-state index contributed by atoms with van der Waals surface area (Å²) in [6.07, 6.45) is 0. The van der Waals surface area contributed by atoms with Crippen LogP contribution >= 0.6 is 0 Å². The number of hydrogen-bond acceptors (Lipinski definition) is 4. The van der Waals surface area contributed by atoms with Gasteiger partial charge in [0.2, 0.25) is 0 Å². The number of esters is 2. The lowest BCUT2D eigenvalue weighted by molar-refractivity contribution is -0.269. The van der Waals surface area contributed by atoms with E-state index in [9.17, 15) is 9.59 Å². The van der Waals surface area contributed by atoms with Crippen molar-refractivity contribution < 1.29 is 19.1 Å². The van der Waals surface area contributed by atoms with Gasteiger partial charge in [0.05, 0.1) is 0 Å². The molecule has 0 radical (unpaired) electrons. The Balaban J connectivity index is 3.47. The number of rotatable bonds is 0. The molecule has 1 aliphatic heterocycles. The first kappa shape index (κ1) is 15.0. The van der Waals surface area contributed by atoms with Gasteiger partial charge in [-0.15, -0.1) is 0 Å². The van der Waals surface area contributed by atoms with Crippen molar-refractivity contribution in [3.63, 3.8) is 0 Å². The summed E-state index contributed by atoms with van der Waals surface area (Å²) in [4.78, 5) is 25.0. The highest BCUT2D eigenvalue weighted by Gasteiger charge is 2.68. The SMILES string of the molecule is CC1(C)OC(=O)C(C(C)(C)C)(C(C)(C)C)C(=O)O1. The molecule has 0 amide bonds. The van der Waals surface area contributed by atoms with Crippen LogP contribution in [-0.4, -0.2) is 17.7 Å². The third-order valence-electron chi connectivity index (χ3n) is 3.54. The fourth-order valence-corrected chi connectivity index (χ4v) is 3.05. The van der Waals surface area contributed by atoms with E-state index in [1.165, 1.54) is 0 Å². The summed E-state index contributed by atoms with van der Waals surface area (Å²) in [5.74, 6) is -2.18. The zero-order chi connectivity index (χ0) is 14.6. The van der Waals surface area contributed by atoms with Crippen molar-refractivity contribution in [1.29, 1.82) is 0 Å². The van der Waals surface area contributed by atoms with Crippen LogP contribution in [0.15, 0.2) is 0 Å². The molecule has 1 saturated heterocycles. The standard InChI is InChI=1S/C14H24O4/c1-11(2,3)14(12(4,5)6)9(15)17-13(7,8)18-10(14)16/h1-8H3. The van der Waals surface area contributed by atoms with Gasteiger partial charge >= 0.3 is 11.9 Å². The summed E-state index contributed by atoms with van der Waals surface area (Å²) in [6, 6.07) is 0. The second-order valence-electron chi connectivity index (χ2n) is 7.43. The minimum atomic E-state index is -1.30. The third kappa shape index (κ3) is 1.91. The predicted molar refractivity (Wildman–Crippen MR) is 67.6 cm³/mol. The molecule has 0 bridgehead atoms. The average molecular weight is 256 g/mol. The summed E-state index contributed by atoms with van der Waals surface area (Å²) in [5, 5.41) is 0. The molecule has 0 unspecified atom stereocenters. The minimum absolute atomic E-state index is 0.497. The summed E-state index contributed by atoms with van der Waals surface area (Å²) in [7, 11) is 0. The quantitative estimate of drug-likeness (QED) is 0.494. The lowest BCUT2D eigenvalue weighted by Crippen LogP contribution is -2.64. The topological polar surface area (TPSA) is 52.6 Å². The molecule has 1 aliphatic rings. The van der Waals surface area contributed by atoms with E-state index < -0.39 is 34.0 Å². The van der Waals surface area contributed by atoms with E-state index in [0.717, 1.165) is 0 Å². The monoisotopic (exact) mass is 256 g/mol. The van der Waals surface area contributed by atoms with Gasteiger partial charge in [-0.2, -0.15) is 0 Å². The van der Waals surface area contributed by atoms with Gasteiger partial charge in [0, 0.05) is 13.8 Å². The Bertz CT molecular complexity index is 344. The maximum atomic E-state index is 12.5. The van der Waals surface area contributed by atoms with Gasteiger partial charge < -0.3 is 9.47 Å². The summed E-state index contributed by atoms with van der Waals surface area (Å²) in [6.45, 7) is 14.3. The van der Waals surface area contributed by atoms with Crippen LogP contribution < -0.4 is 0 Å². The van der Waals surface area contributed by atoms with Gasteiger partial charge in [-0.05, 0) is 10.8 Å². The second-order valence-corrected chi connectivity index (χ2v) is 7.43. The van der Waals surface area contributed by atoms with Gasteiger partial charge in [-0.25, -0.2) is 0 Å². The Hall–Kier alpha value is -1.06. The van der Waals surface area contributed by atoms with Crippen LogP contribution in [0, 0.1) is 16.2 Å². The van der Waals surface area contributed by atoms with Crippen LogP contribution in [0.3, 0.4) is 0 Å². The molecule has 0 saturated carbocycles. The van der Waals surface area contributed by atoms with Gasteiger partial charge in [0.25, 0.3) is 5.79 Å². The van der Waals surface area contributed by atoms with Crippen LogP contribution in [-0.2, 0) is 19.1 Å². The molecule has 1 heterocycles. The number of cyclic esters (lactones) is 2. The van der Waals surface area contributed by atoms with E-state index in [1.54, 1.807) is 13.8 Å². The minimum Gasteiger partial charge on any atom is -0.422 e. The van der Waals surface area contributed by atoms with Crippen LogP contribution in [0.5, 0.6) is 0 Å². The Morgan fingerprint density at radius 2 is 1.06 bits per heavy atom. The van der Waals surface area contributed by atoms with Gasteiger partial charge in [-0.3, -0.25) is 9.59 Å². The molecule has 0 aromatic rings. The molecule has 0 N–H and O–H groups in total. The van der Waals surface area contributed by atoms with E-state index in [0.29, 0.717) is 0 Å². The van der Waals surface area contributed by atoms with Crippen molar-refractivity contribution >= 4 is 11.9 Å². The van der Waals surface area contributed by atoms with Crippen molar-refractivity contribution in [2.75, 3.05) is 0 Å². The maximum Gasteiger partial charge on any atom is 0.327 e. The van der Waals surface area contributed by atoms with Crippen molar-refractivity contribution in [2.24, 2.45) is 16.2 Å². The normalized spacial score (nSPS) is 23.3. The maximum absolute atomic E-state index is 12.5. The smallest absolute Gasteiger partial charge is 0.327 e. The Kier molecular flexibility index (Phi) is 3.10. The van der Waals surface area contributed by atoms with Gasteiger partial charge in [0.15, 0.2) is 5.41 Å². The van der Waals surface area contributed by atoms with Crippen LogP contribution in [0.1, 0.15) is 55.4 Å². The highest BCUT2D eigenvalue weighted by atomic mass is 16.7. The van der Waals surface area contributed by atoms with Crippen LogP contribution in [0.2, 0.25) is 0 Å². The zero-order valence-corrected chi connectivity index (χ0v) is 12.6. The van der Waals surface area contributed by atoms with E-state index in [1.807, 2.05) is 41.5 Å². The summed E-state index contributed by atoms with van der Waals surface area (Å²) in [5.41, 5.74) is -2.47. The Morgan fingerprint density at radius 1 is 0.778 bits per heavy atom. The molecule has 18 heavy (non-hydrogen) atoms. The van der Waals surface area contributed by atoms with E-state index >= 15 is 0 Å². The zero-order valence-electron chi connectivity index (χ0n) is 12.6. The Morgan fingerprint density at radius 3 is 1.28 bits per heavy atom. The van der Waals surface area contributed by atoms with Crippen LogP contribution in [0.4, 0.5) is 0 Å². The molecule has 0 aliphatic carbocycles. The first-order chi connectivity index (χ1) is 7.76. The molecular weight excluding hydrogens is 232 g/mol. The highest BCUT2D eigenvalue weighted by Crippen LogP contribution is 2.55. The highest BCUT2D eigenvalue weighted by molar-refractivity contribution is 6.03. The molecule has 0 spiro atoms. The van der Waals surface area contributed by atoms with Crippen LogP contribution in [0.25, 0.3) is 0 Å². The second kappa shape index (κ2) is 3.72. The predicted octanol–water partition coefficient (Wildman–Crippen LogP) is 2.90. The van der Waals surface area contributed by atoms with E-state index in [2.05, 4.69) is 0 Å². The molecule has 1 rings (SSSR count). The van der Waals surface area contributed by atoms with E-state index in [-0.39, 0.29) is 0 Å². The van der Waals surface area contributed by atoms with E-state index in [4.69, 9.17) is 9.47 Å². The molecule has 104 valence electrons. The number of ether oxygens (including phenoxy) is 2. The average Bonchev–Trinajstić information content (AvgIpc) is 1.92. The fraction of sp³-hybridized carbons (Fsp3) is 0.857. The molecule has 0 aromatic carbocycles. The van der Waals surface area contributed by atoms with Crippen molar-refractivity contribution in [3.8, 4) is 0 Å². The molecule has 0 atom stereocenters. The molecule has 4 heteroatoms. The van der Waals surface area contributed by atoms with Crippen molar-refractivity contribution in [3.05, 3.63) is 0 Å². The molecule has 0 aromatic heterocycles. The first-order valence-corrected chi connectivity index (χ1v) is 6.22. The largest absolute Gasteiger partial charge is 0.422 e. The first-order valence-electron chi connectivity index (χ1n) is 6.22. The molecular formula is C14H24O4. The Labute approximate surface area is 109 Å². The van der Waals surface area contributed by atoms with Crippen molar-refractivity contribution in [2.45, 2.75) is 61.2 Å². The number of carbonyl (C=O) groups excluding carboxylic acids is 2. The third-order valence-corrected chi connectivity index (χ3v) is 3.54. The molecule has 1 fully saturated rings. The lowest BCUT2D eigenvalue weighted by Gasteiger charge is -2.52. The fourth-order valence-electron chi connectivity index (χ4n) is 3.05. The molecule has 4 nitrogen and oxygen atoms in total. The van der Waals surface area contributed by atoms with Gasteiger partial charge in [0.1, 0.15) is 0 Å². The summed E-state index contributed by atoms with van der Waals surface area (Å²) < 4.78 is 10.7. The number of carbonyl (C=O) groups is 2. The van der Waals surface area contributed by atoms with Gasteiger partial charge in [-0.1, -0.05) is 41.5 Å². The summed E-state index contributed by atoms with van der Waals surface area (Å²) >= 11 is 0. The van der Waals surface area contributed by atoms with Crippen molar-refractivity contribution in [1.82, 2.24) is 0 Å². The lowest BCUT2D eigenvalue weighted by atomic mass is 9.53.